The summed E-state index contributed by atoms with van der Waals surface area (Å²) in [6.45, 7) is 8.67. The second-order valence-corrected chi connectivity index (χ2v) is 11.7. The van der Waals surface area contributed by atoms with Gasteiger partial charge in [0.05, 0.1) is 29.0 Å². The fourth-order valence-electron chi connectivity index (χ4n) is 6.42. The van der Waals surface area contributed by atoms with Gasteiger partial charge in [-0.05, 0) is 72.5 Å². The topological polar surface area (TPSA) is 88.5 Å². The van der Waals surface area contributed by atoms with Crippen molar-refractivity contribution < 1.29 is 22.7 Å². The van der Waals surface area contributed by atoms with Gasteiger partial charge >= 0.3 is 6.18 Å². The average molecular weight is 617 g/mol. The summed E-state index contributed by atoms with van der Waals surface area (Å²) >= 11 is 0. The zero-order valence-corrected chi connectivity index (χ0v) is 25.3. The van der Waals surface area contributed by atoms with E-state index in [9.17, 15) is 23.2 Å². The number of amides is 1. The van der Waals surface area contributed by atoms with Gasteiger partial charge < -0.3 is 19.5 Å². The number of aromatic amines is 1. The first kappa shape index (κ1) is 30.6. The molecule has 1 unspecified atom stereocenters. The number of hydrogen-bond donors (Lipinski definition) is 1. The van der Waals surface area contributed by atoms with E-state index in [4.69, 9.17) is 4.74 Å². The van der Waals surface area contributed by atoms with Crippen LogP contribution in [0.1, 0.15) is 53.3 Å². The number of H-pyrrole nitrogens is 1. The fraction of sp³-hybridized carbons (Fsp3) is 0.382. The summed E-state index contributed by atoms with van der Waals surface area (Å²) in [5, 5.41) is 10.6. The number of ether oxygens (including phenoxy) is 1. The zero-order valence-electron chi connectivity index (χ0n) is 25.3. The number of halogens is 3. The van der Waals surface area contributed by atoms with Gasteiger partial charge in [-0.1, -0.05) is 19.1 Å². The van der Waals surface area contributed by atoms with Crippen LogP contribution in [0.3, 0.4) is 0 Å². The molecule has 1 fully saturated rings. The van der Waals surface area contributed by atoms with Crippen LogP contribution in [0.4, 0.5) is 13.2 Å². The highest BCUT2D eigenvalue weighted by atomic mass is 19.4. The van der Waals surface area contributed by atoms with Crippen LogP contribution in [0.15, 0.2) is 54.9 Å². The molecule has 1 N–H and O–H groups in total. The summed E-state index contributed by atoms with van der Waals surface area (Å²) < 4.78 is 48.7. The normalized spacial score (nSPS) is 17.7. The predicted molar refractivity (Wildman–Crippen MR) is 164 cm³/mol. The number of nitriles is 1. The summed E-state index contributed by atoms with van der Waals surface area (Å²) in [5.74, 6) is 0.661. The van der Waals surface area contributed by atoms with Crippen LogP contribution in [-0.4, -0.2) is 69.8 Å². The molecule has 8 nitrogen and oxygen atoms in total. The minimum absolute atomic E-state index is 0.139. The highest BCUT2D eigenvalue weighted by Gasteiger charge is 2.35. The number of carbonyl (C=O) groups is 1. The fourth-order valence-corrected chi connectivity index (χ4v) is 6.42. The molecule has 234 valence electrons. The summed E-state index contributed by atoms with van der Waals surface area (Å²) in [6.07, 6.45) is -0.761. The quantitative estimate of drug-likeness (QED) is 0.271. The van der Waals surface area contributed by atoms with Crippen LogP contribution in [0.5, 0.6) is 11.5 Å². The highest BCUT2D eigenvalue weighted by molar-refractivity contribution is 5.83. The molecule has 0 aliphatic carbocycles. The maximum Gasteiger partial charge on any atom is 0.416 e. The Morgan fingerprint density at radius 1 is 1.07 bits per heavy atom. The smallest absolute Gasteiger partial charge is 0.416 e. The van der Waals surface area contributed by atoms with Gasteiger partial charge in [0.15, 0.2) is 0 Å². The molecule has 1 saturated heterocycles. The summed E-state index contributed by atoms with van der Waals surface area (Å²) in [4.78, 5) is 26.9. The van der Waals surface area contributed by atoms with Gasteiger partial charge in [-0.15, -0.1) is 0 Å². The molecule has 0 spiro atoms. The Morgan fingerprint density at radius 3 is 2.58 bits per heavy atom. The Balaban J connectivity index is 1.20. The van der Waals surface area contributed by atoms with Gasteiger partial charge in [0.25, 0.3) is 0 Å². The molecule has 2 aromatic carbocycles. The molecular weight excluding hydrogens is 581 g/mol. The van der Waals surface area contributed by atoms with Crippen molar-refractivity contribution in [2.24, 2.45) is 0 Å². The van der Waals surface area contributed by atoms with E-state index in [1.165, 1.54) is 6.07 Å². The first-order valence-electron chi connectivity index (χ1n) is 15.2. The number of benzene rings is 2. The molecule has 4 aromatic rings. The lowest BCUT2D eigenvalue weighted by atomic mass is 9.91. The molecule has 11 heteroatoms. The first-order valence-corrected chi connectivity index (χ1v) is 15.2. The number of hydrogen-bond acceptors (Lipinski definition) is 6. The van der Waals surface area contributed by atoms with E-state index in [1.807, 2.05) is 13.0 Å². The number of pyridine rings is 1. The number of rotatable bonds is 7. The molecule has 0 radical (unpaired) electrons. The van der Waals surface area contributed by atoms with Crippen molar-refractivity contribution in [2.45, 2.75) is 45.5 Å². The van der Waals surface area contributed by atoms with Crippen LogP contribution < -0.4 is 4.74 Å². The number of alkyl halides is 3. The maximum atomic E-state index is 14.2. The second-order valence-electron chi connectivity index (χ2n) is 11.7. The molecule has 2 aliphatic rings. The van der Waals surface area contributed by atoms with E-state index in [1.54, 1.807) is 41.6 Å². The molecule has 45 heavy (non-hydrogen) atoms. The molecule has 2 aliphatic heterocycles. The van der Waals surface area contributed by atoms with Crippen molar-refractivity contribution in [3.05, 3.63) is 88.2 Å². The SMILES string of the molecule is CCN1CCN(Cc2ccc(CC(=O)N3CCc4cc(C#N)c(Oc5ccnc6[nH]ccc56)cc4C3C)cc2C(F)(F)F)CC1. The van der Waals surface area contributed by atoms with Crippen molar-refractivity contribution in [3.8, 4) is 17.6 Å². The third kappa shape index (κ3) is 6.39. The van der Waals surface area contributed by atoms with Crippen LogP contribution in [-0.2, 0) is 30.4 Å². The van der Waals surface area contributed by atoms with Crippen molar-refractivity contribution in [1.29, 1.82) is 5.26 Å². The number of piperazine rings is 1. The molecule has 4 heterocycles. The van der Waals surface area contributed by atoms with Crippen LogP contribution in [0.2, 0.25) is 0 Å². The Morgan fingerprint density at radius 2 is 1.84 bits per heavy atom. The van der Waals surface area contributed by atoms with Gasteiger partial charge in [0, 0.05) is 51.7 Å². The second kappa shape index (κ2) is 12.5. The molecule has 1 amide bonds. The minimum Gasteiger partial charge on any atom is -0.455 e. The number of nitrogens with zero attached hydrogens (tertiary/aromatic N) is 5. The monoisotopic (exact) mass is 616 g/mol. The van der Waals surface area contributed by atoms with Crippen LogP contribution >= 0.6 is 0 Å². The minimum atomic E-state index is -4.52. The number of aromatic nitrogens is 2. The largest absolute Gasteiger partial charge is 0.455 e. The Labute approximate surface area is 260 Å². The summed E-state index contributed by atoms with van der Waals surface area (Å²) in [6, 6.07) is 13.3. The maximum absolute atomic E-state index is 14.2. The molecule has 0 bridgehead atoms. The highest BCUT2D eigenvalue weighted by Crippen LogP contribution is 2.38. The third-order valence-electron chi connectivity index (χ3n) is 9.00. The van der Waals surface area contributed by atoms with E-state index in [-0.39, 0.29) is 30.5 Å². The van der Waals surface area contributed by atoms with Crippen molar-refractivity contribution in [3.63, 3.8) is 0 Å². The van der Waals surface area contributed by atoms with Gasteiger partial charge in [-0.2, -0.15) is 18.4 Å². The van der Waals surface area contributed by atoms with Gasteiger partial charge in [0.2, 0.25) is 5.91 Å². The van der Waals surface area contributed by atoms with Crippen molar-refractivity contribution in [1.82, 2.24) is 24.7 Å². The van der Waals surface area contributed by atoms with E-state index in [2.05, 4.69) is 32.8 Å². The third-order valence-corrected chi connectivity index (χ3v) is 9.00. The van der Waals surface area contributed by atoms with E-state index in [0.29, 0.717) is 41.2 Å². The number of carbonyl (C=O) groups excluding carboxylic acids is 1. The van der Waals surface area contributed by atoms with Crippen LogP contribution in [0, 0.1) is 11.3 Å². The average Bonchev–Trinajstić information content (AvgIpc) is 3.52. The lowest BCUT2D eigenvalue weighted by Crippen LogP contribution is -2.45. The first-order chi connectivity index (χ1) is 21.6. The van der Waals surface area contributed by atoms with Crippen molar-refractivity contribution >= 4 is 16.9 Å². The zero-order chi connectivity index (χ0) is 31.7. The summed E-state index contributed by atoms with van der Waals surface area (Å²) in [5.41, 5.74) is 2.72. The molecule has 2 aromatic heterocycles. The molecule has 6 rings (SSSR count). The van der Waals surface area contributed by atoms with E-state index in [0.717, 1.165) is 55.3 Å². The number of nitrogens with one attached hydrogen (secondary N) is 1. The number of fused-ring (bicyclic) bond motifs is 2. The van der Waals surface area contributed by atoms with Crippen molar-refractivity contribution in [2.75, 3.05) is 39.3 Å². The predicted octanol–water partition coefficient (Wildman–Crippen LogP) is 6.07. The Bertz CT molecular complexity index is 1750. The number of likely N-dealkylation sites (N-methyl/N-ethyl adjacent to an activating group) is 1. The van der Waals surface area contributed by atoms with E-state index < -0.39 is 11.7 Å². The Hall–Kier alpha value is -4.40. The van der Waals surface area contributed by atoms with E-state index >= 15 is 0 Å². The standard InChI is InChI=1S/C34H35F3N6O2/c1-3-41-12-14-42(15-13-41)21-25-5-4-23(16-29(25)34(35,36)37)17-32(44)43-11-8-24-18-26(20-38)31(19-28(24)22(43)2)45-30-7-10-40-33-27(30)6-9-39-33/h4-7,9-10,16,18-19,22H,3,8,11-15,17,21H2,1-2H3,(H,39,40). The summed E-state index contributed by atoms with van der Waals surface area (Å²) in [7, 11) is 0. The molecular formula is C34H35F3N6O2. The van der Waals surface area contributed by atoms with Gasteiger partial charge in [0.1, 0.15) is 23.2 Å². The molecule has 0 saturated carbocycles. The lowest BCUT2D eigenvalue weighted by molar-refractivity contribution is -0.139. The molecule has 1 atom stereocenters. The van der Waals surface area contributed by atoms with Gasteiger partial charge in [-0.3, -0.25) is 9.69 Å². The lowest BCUT2D eigenvalue weighted by Gasteiger charge is -2.36. The van der Waals surface area contributed by atoms with Crippen LogP contribution in [0.25, 0.3) is 11.0 Å². The van der Waals surface area contributed by atoms with Gasteiger partial charge in [-0.25, -0.2) is 4.98 Å². The Kier molecular flexibility index (Phi) is 8.53.